The lowest BCUT2D eigenvalue weighted by atomic mass is 9.89. The lowest BCUT2D eigenvalue weighted by molar-refractivity contribution is -0.467. The molecule has 53 heavy (non-hydrogen) atoms. The number of benzene rings is 5. The van der Waals surface area contributed by atoms with E-state index in [0.717, 1.165) is 22.3 Å². The van der Waals surface area contributed by atoms with E-state index in [1.807, 2.05) is 127 Å². The Morgan fingerprint density at radius 2 is 1.11 bits per heavy atom. The summed E-state index contributed by atoms with van der Waals surface area (Å²) in [6.45, 7) is 0.606. The average molecular weight is 736 g/mol. The molecule has 274 valence electrons. The van der Waals surface area contributed by atoms with Gasteiger partial charge in [0, 0.05) is 16.4 Å². The summed E-state index contributed by atoms with van der Waals surface area (Å²) in [5.74, 6) is -0.555. The Kier molecular flexibility index (Phi) is 13.9. The molecule has 0 bridgehead atoms. The maximum atomic E-state index is 12.6. The third-order valence-corrected chi connectivity index (χ3v) is 9.34. The summed E-state index contributed by atoms with van der Waals surface area (Å²) in [5, 5.41) is 11.4. The van der Waals surface area contributed by atoms with Crippen LogP contribution in [0.1, 0.15) is 39.5 Å². The van der Waals surface area contributed by atoms with E-state index < -0.39 is 47.8 Å². The third-order valence-electron chi connectivity index (χ3n) is 8.97. The van der Waals surface area contributed by atoms with Crippen molar-refractivity contribution >= 4 is 17.4 Å². The first-order valence-corrected chi connectivity index (χ1v) is 18.0. The maximum Gasteiger partial charge on any atom is 0.261 e. The molecule has 1 aliphatic rings. The maximum absolute atomic E-state index is 12.6. The van der Waals surface area contributed by atoms with Gasteiger partial charge in [-0.15, -0.1) is 0 Å². The van der Waals surface area contributed by atoms with Crippen LogP contribution in [0.5, 0.6) is 0 Å². The first kappa shape index (κ1) is 38.0. The highest BCUT2D eigenvalue weighted by molar-refractivity contribution is 6.31. The molecule has 0 aliphatic carbocycles. The highest BCUT2D eigenvalue weighted by Gasteiger charge is 2.49. The van der Waals surface area contributed by atoms with Gasteiger partial charge in [-0.2, -0.15) is 0 Å². The molecule has 9 nitrogen and oxygen atoms in total. The molecule has 0 amide bonds. The molecule has 6 rings (SSSR count). The normalized spacial score (nSPS) is 19.8. The van der Waals surface area contributed by atoms with Crippen molar-refractivity contribution in [3.8, 4) is 0 Å². The number of Topliss-reactive ketones (excluding diaryl/α,β-unsaturated/α-hetero) is 1. The summed E-state index contributed by atoms with van der Waals surface area (Å²) in [6.07, 6.45) is -3.50. The van der Waals surface area contributed by atoms with E-state index in [0.29, 0.717) is 29.4 Å². The Bertz CT molecular complexity index is 1880. The van der Waals surface area contributed by atoms with E-state index >= 15 is 0 Å². The fourth-order valence-electron chi connectivity index (χ4n) is 6.38. The molecule has 0 aromatic heterocycles. The smallest absolute Gasteiger partial charge is 0.261 e. The van der Waals surface area contributed by atoms with Crippen molar-refractivity contribution in [2.75, 3.05) is 13.2 Å². The molecule has 0 radical (unpaired) electrons. The van der Waals surface area contributed by atoms with Crippen molar-refractivity contribution in [3.05, 3.63) is 188 Å². The minimum absolute atomic E-state index is 0.184. The van der Waals surface area contributed by atoms with E-state index in [1.165, 1.54) is 0 Å². The van der Waals surface area contributed by atoms with Crippen LogP contribution in [0.25, 0.3) is 0 Å². The van der Waals surface area contributed by atoms with E-state index in [2.05, 4.69) is 0 Å². The monoisotopic (exact) mass is 735 g/mol. The fourth-order valence-corrected chi connectivity index (χ4v) is 6.56. The van der Waals surface area contributed by atoms with Gasteiger partial charge < -0.3 is 23.7 Å². The zero-order valence-corrected chi connectivity index (χ0v) is 30.0. The summed E-state index contributed by atoms with van der Waals surface area (Å²) in [5.41, 5.74) is 5.09. The zero-order chi connectivity index (χ0) is 36.8. The second-order valence-corrected chi connectivity index (χ2v) is 13.3. The first-order chi connectivity index (χ1) is 25.9. The van der Waals surface area contributed by atoms with Gasteiger partial charge in [-0.1, -0.05) is 145 Å². The van der Waals surface area contributed by atoms with Gasteiger partial charge in [-0.3, -0.25) is 14.9 Å². The minimum Gasteiger partial charge on any atom is -0.374 e. The zero-order valence-electron chi connectivity index (χ0n) is 29.2. The van der Waals surface area contributed by atoms with E-state index in [9.17, 15) is 14.9 Å². The molecular weight excluding hydrogens is 694 g/mol. The second-order valence-electron chi connectivity index (χ2n) is 12.9. The first-order valence-electron chi connectivity index (χ1n) is 17.6. The summed E-state index contributed by atoms with van der Waals surface area (Å²) in [7, 11) is 0. The van der Waals surface area contributed by atoms with Crippen LogP contribution in [0.2, 0.25) is 5.02 Å². The predicted octanol–water partition coefficient (Wildman–Crippen LogP) is 8.14. The van der Waals surface area contributed by atoms with Gasteiger partial charge in [-0.25, -0.2) is 0 Å². The number of nitro groups is 1. The van der Waals surface area contributed by atoms with Crippen molar-refractivity contribution in [3.63, 3.8) is 0 Å². The number of ketones is 1. The van der Waals surface area contributed by atoms with Crippen molar-refractivity contribution in [1.29, 1.82) is 0 Å². The highest BCUT2D eigenvalue weighted by atomic mass is 35.5. The van der Waals surface area contributed by atoms with Gasteiger partial charge in [0.2, 0.25) is 5.78 Å². The number of carbonyl (C=O) groups excluding carboxylic acids is 1. The van der Waals surface area contributed by atoms with Gasteiger partial charge in [-0.05, 0) is 39.4 Å². The van der Waals surface area contributed by atoms with E-state index in [1.54, 1.807) is 12.1 Å². The van der Waals surface area contributed by atoms with Crippen LogP contribution in [0, 0.1) is 10.1 Å². The lowest BCUT2D eigenvalue weighted by Crippen LogP contribution is -2.58. The Morgan fingerprint density at radius 3 is 1.62 bits per heavy atom. The van der Waals surface area contributed by atoms with Gasteiger partial charge >= 0.3 is 0 Å². The van der Waals surface area contributed by atoms with Crippen LogP contribution >= 0.6 is 11.6 Å². The third kappa shape index (κ3) is 11.1. The molecule has 10 heteroatoms. The summed E-state index contributed by atoms with van der Waals surface area (Å²) in [4.78, 5) is 23.0. The number of ether oxygens (including phenoxy) is 5. The van der Waals surface area contributed by atoms with Crippen LogP contribution in [0.4, 0.5) is 0 Å². The largest absolute Gasteiger partial charge is 0.374 e. The number of hydrogen-bond acceptors (Lipinski definition) is 8. The van der Waals surface area contributed by atoms with Crippen LogP contribution in [-0.4, -0.2) is 48.3 Å². The molecule has 1 heterocycles. The Balaban J connectivity index is 1.38. The Morgan fingerprint density at radius 1 is 0.642 bits per heavy atom. The molecule has 1 fully saturated rings. The van der Waals surface area contributed by atoms with Crippen LogP contribution in [0.15, 0.2) is 140 Å². The number of carbonyl (C=O) groups is 1. The van der Waals surface area contributed by atoms with Crippen molar-refractivity contribution in [2.45, 2.75) is 63.4 Å². The number of halogens is 1. The van der Waals surface area contributed by atoms with E-state index in [4.69, 9.17) is 35.3 Å². The minimum atomic E-state index is -0.792. The molecule has 1 aliphatic heterocycles. The summed E-state index contributed by atoms with van der Waals surface area (Å²) >= 11 is 6.56. The predicted molar refractivity (Wildman–Crippen MR) is 201 cm³/mol. The second kappa shape index (κ2) is 19.4. The van der Waals surface area contributed by atoms with Crippen molar-refractivity contribution in [2.24, 2.45) is 0 Å². The molecule has 5 atom stereocenters. The molecule has 1 saturated heterocycles. The molecule has 0 saturated carbocycles. The van der Waals surface area contributed by atoms with Crippen LogP contribution in [-0.2, 0) is 61.3 Å². The summed E-state index contributed by atoms with van der Waals surface area (Å²) in [6, 6.07) is 44.8. The van der Waals surface area contributed by atoms with Crippen molar-refractivity contribution < 1.29 is 33.4 Å². The number of hydrogen-bond donors (Lipinski definition) is 0. The SMILES string of the molecule is O=C(Cc1cc(C2OC(COCc3ccccc3)C(OCc3ccccc3)C(OCc3ccccc3)C2OCc2ccccc2)ccc1Cl)C[N+](=O)[O-]. The summed E-state index contributed by atoms with van der Waals surface area (Å²) < 4.78 is 33.6. The number of rotatable bonds is 18. The topological polar surface area (TPSA) is 106 Å². The quantitative estimate of drug-likeness (QED) is 0.0656. The van der Waals surface area contributed by atoms with Crippen molar-refractivity contribution in [1.82, 2.24) is 0 Å². The van der Waals surface area contributed by atoms with Crippen LogP contribution in [0.3, 0.4) is 0 Å². The molecule has 5 unspecified atom stereocenters. The van der Waals surface area contributed by atoms with Crippen LogP contribution < -0.4 is 0 Å². The fraction of sp³-hybridized carbons (Fsp3) is 0.279. The lowest BCUT2D eigenvalue weighted by Gasteiger charge is -2.46. The van der Waals surface area contributed by atoms with Gasteiger partial charge in [0.05, 0.1) is 33.0 Å². The van der Waals surface area contributed by atoms with Gasteiger partial charge in [0.15, 0.2) is 0 Å². The molecular formula is C43H42ClNO8. The number of nitrogens with zero attached hydrogens (tertiary/aromatic N) is 1. The standard InChI is InChI=1S/C43H42ClNO8/c44-38-22-21-35(23-36(38)24-37(46)25-45(47)48)40-42(51-28-33-17-9-3-10-18-33)43(52-29-34-19-11-4-12-20-34)41(50-27-32-15-7-2-8-16-32)39(53-40)30-49-26-31-13-5-1-6-14-31/h1-23,39-43H,24-30H2. The average Bonchev–Trinajstić information content (AvgIpc) is 3.18. The molecule has 0 spiro atoms. The molecule has 0 N–H and O–H groups in total. The van der Waals surface area contributed by atoms with Gasteiger partial charge in [0.1, 0.15) is 30.5 Å². The van der Waals surface area contributed by atoms with Gasteiger partial charge in [0.25, 0.3) is 6.54 Å². The molecule has 5 aromatic carbocycles. The Hall–Kier alpha value is -4.74. The Labute approximate surface area is 314 Å². The highest BCUT2D eigenvalue weighted by Crippen LogP contribution is 2.39. The molecule has 5 aromatic rings. The van der Waals surface area contributed by atoms with E-state index in [-0.39, 0.29) is 26.2 Å².